The lowest BCUT2D eigenvalue weighted by Crippen LogP contribution is -2.28. The van der Waals surface area contributed by atoms with Crippen molar-refractivity contribution in [3.8, 4) is 0 Å². The summed E-state index contributed by atoms with van der Waals surface area (Å²) in [6.07, 6.45) is 3.11. The molecule has 0 fully saturated rings. The van der Waals surface area contributed by atoms with Crippen molar-refractivity contribution in [1.82, 2.24) is 9.78 Å². The number of nitrogens with zero attached hydrogens (tertiary/aromatic N) is 2. The first-order valence-corrected chi connectivity index (χ1v) is 8.72. The van der Waals surface area contributed by atoms with Crippen molar-refractivity contribution in [2.75, 3.05) is 11.1 Å². The van der Waals surface area contributed by atoms with Crippen LogP contribution in [0, 0.1) is 5.92 Å². The average molecular weight is 362 g/mol. The lowest BCUT2D eigenvalue weighted by Gasteiger charge is -2.14. The fraction of sp³-hybridized carbons (Fsp3) is 0.500. The van der Waals surface area contributed by atoms with Crippen LogP contribution in [-0.2, 0) is 16.4 Å². The average Bonchev–Trinajstić information content (AvgIpc) is 2.68. The summed E-state index contributed by atoms with van der Waals surface area (Å²) in [6.45, 7) is 4.54. The van der Waals surface area contributed by atoms with Crippen molar-refractivity contribution in [2.24, 2.45) is 5.92 Å². The van der Waals surface area contributed by atoms with Gasteiger partial charge in [0.2, 0.25) is 0 Å². The van der Waals surface area contributed by atoms with Gasteiger partial charge >= 0.3 is 0 Å². The summed E-state index contributed by atoms with van der Waals surface area (Å²) in [5.41, 5.74) is 0.273. The van der Waals surface area contributed by atoms with Crippen LogP contribution in [0.2, 0.25) is 0 Å². The summed E-state index contributed by atoms with van der Waals surface area (Å²) in [7, 11) is -3.12. The third kappa shape index (κ3) is 3.49. The Kier molecular flexibility index (Phi) is 4.33. The molecule has 0 amide bonds. The number of aromatic nitrogens is 2. The van der Waals surface area contributed by atoms with Crippen LogP contribution in [0.25, 0.3) is 0 Å². The number of hydrogen-bond acceptors (Lipinski definition) is 5. The van der Waals surface area contributed by atoms with E-state index in [0.717, 1.165) is 0 Å². The molecule has 0 saturated heterocycles. The zero-order chi connectivity index (χ0) is 14.9. The molecule has 1 aliphatic heterocycles. The molecule has 0 aliphatic carbocycles. The van der Waals surface area contributed by atoms with Crippen LogP contribution >= 0.6 is 15.9 Å². The van der Waals surface area contributed by atoms with Gasteiger partial charge in [-0.05, 0) is 21.8 Å². The fourth-order valence-corrected chi connectivity index (χ4v) is 3.56. The third-order valence-corrected chi connectivity index (χ3v) is 4.96. The SMILES string of the molecule is CC(C)Cn1ncc(NC2C=CS(=O)(=O)C2)c(Br)c1=O. The van der Waals surface area contributed by atoms with E-state index in [4.69, 9.17) is 0 Å². The molecule has 0 radical (unpaired) electrons. The van der Waals surface area contributed by atoms with E-state index in [-0.39, 0.29) is 17.4 Å². The minimum Gasteiger partial charge on any atom is -0.375 e. The first-order valence-electron chi connectivity index (χ1n) is 6.21. The standard InChI is InChI=1S/C12H16BrN3O3S/c1-8(2)6-16-12(17)11(13)10(5-14-16)15-9-3-4-20(18,19)7-9/h3-5,8-9,15H,6-7H2,1-2H3. The van der Waals surface area contributed by atoms with Gasteiger partial charge in [0.25, 0.3) is 5.56 Å². The summed E-state index contributed by atoms with van der Waals surface area (Å²) in [5.74, 6) is 0.308. The van der Waals surface area contributed by atoms with Gasteiger partial charge in [0, 0.05) is 12.0 Å². The van der Waals surface area contributed by atoms with E-state index in [1.807, 2.05) is 13.8 Å². The summed E-state index contributed by atoms with van der Waals surface area (Å²) in [4.78, 5) is 12.1. The van der Waals surface area contributed by atoms with Crippen LogP contribution in [0.1, 0.15) is 13.8 Å². The minimum absolute atomic E-state index is 0.00544. The van der Waals surface area contributed by atoms with Crippen molar-refractivity contribution in [1.29, 1.82) is 0 Å². The van der Waals surface area contributed by atoms with Gasteiger partial charge in [-0.25, -0.2) is 13.1 Å². The molecule has 1 aliphatic rings. The van der Waals surface area contributed by atoms with E-state index in [1.165, 1.54) is 16.3 Å². The summed E-state index contributed by atoms with van der Waals surface area (Å²) < 4.78 is 24.4. The molecule has 8 heteroatoms. The second-order valence-corrected chi connectivity index (χ2v) is 7.89. The predicted octanol–water partition coefficient (Wildman–Crippen LogP) is 1.38. The lowest BCUT2D eigenvalue weighted by atomic mass is 10.2. The lowest BCUT2D eigenvalue weighted by molar-refractivity contribution is 0.462. The normalized spacial score (nSPS) is 20.5. The molecular formula is C12H16BrN3O3S. The van der Waals surface area contributed by atoms with E-state index in [9.17, 15) is 13.2 Å². The van der Waals surface area contributed by atoms with E-state index in [1.54, 1.807) is 6.08 Å². The zero-order valence-corrected chi connectivity index (χ0v) is 13.6. The Morgan fingerprint density at radius 2 is 2.25 bits per heavy atom. The van der Waals surface area contributed by atoms with E-state index < -0.39 is 9.84 Å². The topological polar surface area (TPSA) is 81.1 Å². The maximum atomic E-state index is 12.1. The van der Waals surface area contributed by atoms with E-state index in [2.05, 4.69) is 26.3 Å². The highest BCUT2D eigenvalue weighted by Gasteiger charge is 2.22. The maximum Gasteiger partial charge on any atom is 0.283 e. The van der Waals surface area contributed by atoms with Crippen molar-refractivity contribution in [2.45, 2.75) is 26.4 Å². The number of anilines is 1. The van der Waals surface area contributed by atoms with Gasteiger partial charge in [-0.1, -0.05) is 19.9 Å². The van der Waals surface area contributed by atoms with Crippen molar-refractivity contribution in [3.05, 3.63) is 32.5 Å². The molecule has 1 aromatic rings. The van der Waals surface area contributed by atoms with Gasteiger partial charge in [-0.2, -0.15) is 5.10 Å². The number of rotatable bonds is 4. The summed E-state index contributed by atoms with van der Waals surface area (Å²) in [6, 6.07) is -0.335. The predicted molar refractivity (Wildman–Crippen MR) is 81.4 cm³/mol. The van der Waals surface area contributed by atoms with Gasteiger partial charge in [0.15, 0.2) is 9.84 Å². The highest BCUT2D eigenvalue weighted by Crippen LogP contribution is 2.20. The summed E-state index contributed by atoms with van der Waals surface area (Å²) >= 11 is 3.25. The molecule has 2 heterocycles. The maximum absolute atomic E-state index is 12.1. The van der Waals surface area contributed by atoms with Crippen LogP contribution in [-0.4, -0.2) is 30.0 Å². The Morgan fingerprint density at radius 1 is 1.55 bits per heavy atom. The molecule has 0 saturated carbocycles. The fourth-order valence-electron chi connectivity index (χ4n) is 1.91. The van der Waals surface area contributed by atoms with Gasteiger partial charge < -0.3 is 5.32 Å². The van der Waals surface area contributed by atoms with Crippen LogP contribution in [0.15, 0.2) is 26.9 Å². The molecule has 2 rings (SSSR count). The minimum atomic E-state index is -3.12. The largest absolute Gasteiger partial charge is 0.375 e. The van der Waals surface area contributed by atoms with E-state index >= 15 is 0 Å². The van der Waals surface area contributed by atoms with Gasteiger partial charge in [0.05, 0.1) is 23.7 Å². The van der Waals surface area contributed by atoms with Crippen molar-refractivity contribution < 1.29 is 8.42 Å². The molecule has 1 aromatic heterocycles. The molecule has 6 nitrogen and oxygen atoms in total. The van der Waals surface area contributed by atoms with Crippen LogP contribution in [0.3, 0.4) is 0 Å². The first-order chi connectivity index (χ1) is 9.28. The van der Waals surface area contributed by atoms with Crippen molar-refractivity contribution >= 4 is 31.5 Å². The molecule has 110 valence electrons. The highest BCUT2D eigenvalue weighted by molar-refractivity contribution is 9.10. The molecule has 1 N–H and O–H groups in total. The Balaban J connectivity index is 2.21. The van der Waals surface area contributed by atoms with Crippen molar-refractivity contribution in [3.63, 3.8) is 0 Å². The number of halogens is 1. The third-order valence-electron chi connectivity index (χ3n) is 2.79. The Morgan fingerprint density at radius 3 is 2.80 bits per heavy atom. The van der Waals surface area contributed by atoms with Gasteiger partial charge in [0.1, 0.15) is 4.47 Å². The summed E-state index contributed by atoms with van der Waals surface area (Å²) in [5, 5.41) is 8.28. The Hall–Kier alpha value is -1.15. The highest BCUT2D eigenvalue weighted by atomic mass is 79.9. The van der Waals surface area contributed by atoms with Crippen LogP contribution in [0.5, 0.6) is 0 Å². The van der Waals surface area contributed by atoms with Gasteiger partial charge in [-0.3, -0.25) is 4.79 Å². The molecule has 0 aromatic carbocycles. The second kappa shape index (κ2) is 5.69. The Bertz CT molecular complexity index is 694. The molecule has 0 bridgehead atoms. The second-order valence-electron chi connectivity index (χ2n) is 5.16. The molecule has 0 spiro atoms. The molecular weight excluding hydrogens is 346 g/mol. The molecule has 20 heavy (non-hydrogen) atoms. The first kappa shape index (κ1) is 15.2. The number of nitrogens with one attached hydrogen (secondary N) is 1. The van der Waals surface area contributed by atoms with Crippen LogP contribution < -0.4 is 10.9 Å². The number of sulfone groups is 1. The molecule has 1 atom stereocenters. The molecule has 1 unspecified atom stereocenters. The quantitative estimate of drug-likeness (QED) is 0.875. The number of hydrogen-bond donors (Lipinski definition) is 1. The Labute approximate surface area is 125 Å². The monoisotopic (exact) mass is 361 g/mol. The van der Waals surface area contributed by atoms with E-state index in [0.29, 0.717) is 22.6 Å². The zero-order valence-electron chi connectivity index (χ0n) is 11.2. The smallest absolute Gasteiger partial charge is 0.283 e. The van der Waals surface area contributed by atoms with Gasteiger partial charge in [-0.15, -0.1) is 0 Å². The van der Waals surface area contributed by atoms with Crippen LogP contribution in [0.4, 0.5) is 5.69 Å².